The maximum atomic E-state index is 10.7. The molecule has 0 rings (SSSR count). The van der Waals surface area contributed by atoms with Crippen LogP contribution in [0.2, 0.25) is 0 Å². The average molecular weight is 169 g/mol. The molecular formula is C7H12BNO3. The second-order valence-corrected chi connectivity index (χ2v) is 2.18. The van der Waals surface area contributed by atoms with E-state index in [-0.39, 0.29) is 6.79 Å². The minimum Gasteiger partial charge on any atom is -0.462 e. The Morgan fingerprint density at radius 1 is 1.58 bits per heavy atom. The fraction of sp³-hybridized carbons (Fsp3) is 0.571. The molecule has 0 fully saturated rings. The number of hydrogen-bond acceptors (Lipinski definition) is 3. The molecule has 1 amide bonds. The Balaban J connectivity index is 3.44. The van der Waals surface area contributed by atoms with Gasteiger partial charge in [-0.05, 0) is 7.05 Å². The van der Waals surface area contributed by atoms with E-state index in [2.05, 4.69) is 11.3 Å². The molecule has 66 valence electrons. The number of carbonyl (C=O) groups excluding carboxylic acids is 1. The molecule has 0 bridgehead atoms. The fourth-order valence-corrected chi connectivity index (χ4v) is 0.367. The average Bonchev–Trinajstić information content (AvgIpc) is 2.03. The topological polar surface area (TPSA) is 38.8 Å². The smallest absolute Gasteiger partial charge is 0.399 e. The molecule has 12 heavy (non-hydrogen) atoms. The van der Waals surface area contributed by atoms with Crippen molar-refractivity contribution in [1.29, 1.82) is 0 Å². The van der Waals surface area contributed by atoms with E-state index in [1.165, 1.54) is 7.05 Å². The van der Waals surface area contributed by atoms with Crippen molar-refractivity contribution in [1.82, 2.24) is 4.81 Å². The summed E-state index contributed by atoms with van der Waals surface area (Å²) < 4.78 is 9.45. The zero-order valence-corrected chi connectivity index (χ0v) is 7.37. The van der Waals surface area contributed by atoms with Crippen LogP contribution in [0.25, 0.3) is 0 Å². The van der Waals surface area contributed by atoms with Crippen molar-refractivity contribution in [2.24, 2.45) is 0 Å². The van der Waals surface area contributed by atoms with E-state index in [0.717, 1.165) is 4.81 Å². The van der Waals surface area contributed by atoms with Crippen LogP contribution < -0.4 is 0 Å². The molecule has 0 aliphatic carbocycles. The number of carbonyl (C=O) groups is 1. The molecule has 4 nitrogen and oxygen atoms in total. The van der Waals surface area contributed by atoms with E-state index in [1.807, 2.05) is 6.92 Å². The summed E-state index contributed by atoms with van der Waals surface area (Å²) in [6.45, 7) is 5.30. The lowest BCUT2D eigenvalue weighted by molar-refractivity contribution is 0.0113. The van der Waals surface area contributed by atoms with Crippen molar-refractivity contribution in [2.45, 2.75) is 13.3 Å². The van der Waals surface area contributed by atoms with E-state index in [4.69, 9.17) is 12.7 Å². The summed E-state index contributed by atoms with van der Waals surface area (Å²) >= 11 is 0. The molecule has 0 heterocycles. The zero-order chi connectivity index (χ0) is 9.56. The second-order valence-electron chi connectivity index (χ2n) is 2.18. The van der Waals surface area contributed by atoms with Gasteiger partial charge in [0.25, 0.3) is 0 Å². The molecule has 0 aromatic rings. The van der Waals surface area contributed by atoms with Crippen LogP contribution >= 0.6 is 0 Å². The van der Waals surface area contributed by atoms with E-state index < -0.39 is 6.09 Å². The van der Waals surface area contributed by atoms with E-state index in [9.17, 15) is 4.79 Å². The van der Waals surface area contributed by atoms with Gasteiger partial charge in [-0.2, -0.15) is 0 Å². The summed E-state index contributed by atoms with van der Waals surface area (Å²) in [5.41, 5.74) is 0. The van der Waals surface area contributed by atoms with Crippen molar-refractivity contribution in [2.75, 3.05) is 13.8 Å². The Bertz CT molecular complexity index is 170. The van der Waals surface area contributed by atoms with Crippen LogP contribution in [0.4, 0.5) is 4.79 Å². The van der Waals surface area contributed by atoms with Gasteiger partial charge in [0.05, 0.1) is 5.76 Å². The number of ether oxygens (including phenoxy) is 2. The van der Waals surface area contributed by atoms with Gasteiger partial charge in [-0.1, -0.05) is 13.5 Å². The standard InChI is InChI=1S/C7H12BNO3/c1-4-6(2)11-5-12-7(10)9(3)8/h2,4-5H2,1,3H3. The molecule has 0 N–H and O–H groups in total. The molecule has 0 unspecified atom stereocenters. The molecule has 2 radical (unpaired) electrons. The van der Waals surface area contributed by atoms with Gasteiger partial charge >= 0.3 is 6.09 Å². The first kappa shape index (κ1) is 10.9. The molecule has 0 aromatic carbocycles. The minimum absolute atomic E-state index is 0.146. The van der Waals surface area contributed by atoms with Crippen molar-refractivity contribution in [3.8, 4) is 0 Å². The SMILES string of the molecule is [B]N(C)C(=O)OCOC(=C)CC. The maximum absolute atomic E-state index is 10.7. The molecule has 0 aliphatic rings. The van der Waals surface area contributed by atoms with Gasteiger partial charge in [-0.15, -0.1) is 0 Å². The minimum atomic E-state index is -0.640. The third-order valence-electron chi connectivity index (χ3n) is 1.13. The summed E-state index contributed by atoms with van der Waals surface area (Å²) in [4.78, 5) is 11.5. The van der Waals surface area contributed by atoms with Crippen molar-refractivity contribution in [3.63, 3.8) is 0 Å². The quantitative estimate of drug-likeness (QED) is 0.358. The molecule has 0 saturated carbocycles. The predicted molar refractivity (Wildman–Crippen MR) is 45.4 cm³/mol. The summed E-state index contributed by atoms with van der Waals surface area (Å²) in [5, 5.41) is 0. The van der Waals surface area contributed by atoms with Crippen LogP contribution in [-0.2, 0) is 9.47 Å². The van der Waals surface area contributed by atoms with Crippen LogP contribution in [0.3, 0.4) is 0 Å². The first-order valence-corrected chi connectivity index (χ1v) is 3.53. The van der Waals surface area contributed by atoms with Gasteiger partial charge in [0, 0.05) is 6.42 Å². The largest absolute Gasteiger partial charge is 0.462 e. The normalized spacial score (nSPS) is 8.83. The molecule has 5 heteroatoms. The lowest BCUT2D eigenvalue weighted by atomic mass is 10.4. The first-order chi connectivity index (χ1) is 5.57. The molecule has 0 saturated heterocycles. The molecule has 0 aliphatic heterocycles. The van der Waals surface area contributed by atoms with Crippen molar-refractivity contribution >= 4 is 14.1 Å². The van der Waals surface area contributed by atoms with Crippen LogP contribution in [0, 0.1) is 0 Å². The molecular weight excluding hydrogens is 157 g/mol. The molecule has 0 aromatic heterocycles. The zero-order valence-electron chi connectivity index (χ0n) is 7.37. The Morgan fingerprint density at radius 3 is 2.58 bits per heavy atom. The van der Waals surface area contributed by atoms with Gasteiger partial charge in [0.2, 0.25) is 14.8 Å². The van der Waals surface area contributed by atoms with Gasteiger partial charge in [0.1, 0.15) is 0 Å². The number of allylic oxidation sites excluding steroid dienone is 1. The Hall–Kier alpha value is -1.13. The number of amides is 1. The molecule has 0 spiro atoms. The Kier molecular flexibility index (Phi) is 5.00. The van der Waals surface area contributed by atoms with Gasteiger partial charge < -0.3 is 14.3 Å². The number of nitrogens with zero attached hydrogens (tertiary/aromatic N) is 1. The highest BCUT2D eigenvalue weighted by molar-refractivity contribution is 6.12. The lowest BCUT2D eigenvalue weighted by Gasteiger charge is -2.12. The number of hydrogen-bond donors (Lipinski definition) is 0. The lowest BCUT2D eigenvalue weighted by Crippen LogP contribution is -2.25. The predicted octanol–water partition coefficient (Wildman–Crippen LogP) is 1.04. The second kappa shape index (κ2) is 5.52. The third-order valence-corrected chi connectivity index (χ3v) is 1.13. The summed E-state index contributed by atoms with van der Waals surface area (Å²) in [6, 6.07) is 0. The van der Waals surface area contributed by atoms with E-state index in [1.54, 1.807) is 0 Å². The van der Waals surface area contributed by atoms with E-state index in [0.29, 0.717) is 12.2 Å². The highest BCUT2D eigenvalue weighted by Crippen LogP contribution is 1.98. The highest BCUT2D eigenvalue weighted by atomic mass is 16.7. The Labute approximate surface area is 73.6 Å². The van der Waals surface area contributed by atoms with Crippen LogP contribution in [0.15, 0.2) is 12.3 Å². The maximum Gasteiger partial charge on any atom is 0.399 e. The first-order valence-electron chi connectivity index (χ1n) is 3.53. The summed E-state index contributed by atoms with van der Waals surface area (Å²) in [7, 11) is 6.45. The monoisotopic (exact) mass is 169 g/mol. The van der Waals surface area contributed by atoms with Gasteiger partial charge in [0.15, 0.2) is 0 Å². The van der Waals surface area contributed by atoms with E-state index >= 15 is 0 Å². The van der Waals surface area contributed by atoms with Crippen LogP contribution in [0.1, 0.15) is 13.3 Å². The third kappa shape index (κ3) is 4.65. The fourth-order valence-electron chi connectivity index (χ4n) is 0.367. The number of rotatable bonds is 4. The Morgan fingerprint density at radius 2 is 2.17 bits per heavy atom. The van der Waals surface area contributed by atoms with Crippen molar-refractivity contribution in [3.05, 3.63) is 12.3 Å². The van der Waals surface area contributed by atoms with Crippen LogP contribution in [0.5, 0.6) is 0 Å². The summed E-state index contributed by atoms with van der Waals surface area (Å²) in [5.74, 6) is 0.572. The van der Waals surface area contributed by atoms with Gasteiger partial charge in [-0.3, -0.25) is 0 Å². The van der Waals surface area contributed by atoms with Crippen molar-refractivity contribution < 1.29 is 14.3 Å². The highest BCUT2D eigenvalue weighted by Gasteiger charge is 2.03. The van der Waals surface area contributed by atoms with Gasteiger partial charge in [-0.25, -0.2) is 4.79 Å². The molecule has 0 atom stereocenters. The van der Waals surface area contributed by atoms with Crippen LogP contribution in [-0.4, -0.2) is 32.7 Å². The summed E-state index contributed by atoms with van der Waals surface area (Å²) in [6.07, 6.45) is 0.0506.